The number of amides is 2. The maximum absolute atomic E-state index is 14.3. The van der Waals surface area contributed by atoms with E-state index < -0.39 is 34.1 Å². The molecule has 2 N–H and O–H groups in total. The van der Waals surface area contributed by atoms with Crippen molar-refractivity contribution in [3.63, 3.8) is 0 Å². The van der Waals surface area contributed by atoms with E-state index in [0.717, 1.165) is 58.6 Å². The zero-order chi connectivity index (χ0) is 38.5. The summed E-state index contributed by atoms with van der Waals surface area (Å²) in [5, 5.41) is 3.93. The molecule has 5 rings (SSSR count). The van der Waals surface area contributed by atoms with E-state index in [1.807, 2.05) is 40.0 Å². The minimum absolute atomic E-state index is 0.137. The van der Waals surface area contributed by atoms with Crippen molar-refractivity contribution in [3.05, 3.63) is 47.5 Å². The minimum Gasteiger partial charge on any atom is -0.493 e. The molecule has 14 nitrogen and oxygen atoms in total. The topological polar surface area (TPSA) is 150 Å². The Bertz CT molecular complexity index is 1860. The van der Waals surface area contributed by atoms with E-state index in [4.69, 9.17) is 23.7 Å². The number of likely N-dealkylation sites (N-methyl/N-ethyl adjacent to an activating group) is 2. The molecule has 2 aromatic carbocycles. The van der Waals surface area contributed by atoms with Crippen LogP contribution in [0.4, 0.5) is 4.79 Å². The lowest BCUT2D eigenvalue weighted by atomic mass is 9.81. The second-order valence-electron chi connectivity index (χ2n) is 14.7. The SMILES string of the molecule is COc1ccc(C(=O)NS(=O)(=O)N(C)CC(OC)OC)c2c1OC[C@H](N(C)CCNC(=O)OC(C)(C)C)Cn1c-2c(C2CCCCC2)c2ccccc21. The van der Waals surface area contributed by atoms with Crippen LogP contribution in [0.25, 0.3) is 22.2 Å². The number of aromatic nitrogens is 1. The predicted octanol–water partition coefficient (Wildman–Crippen LogP) is 5.11. The number of benzene rings is 2. The predicted molar refractivity (Wildman–Crippen MR) is 203 cm³/mol. The Balaban J connectivity index is 1.62. The van der Waals surface area contributed by atoms with Crippen molar-refractivity contribution in [2.45, 2.75) is 83.3 Å². The van der Waals surface area contributed by atoms with Crippen LogP contribution in [0.2, 0.25) is 0 Å². The van der Waals surface area contributed by atoms with E-state index in [9.17, 15) is 18.0 Å². The van der Waals surface area contributed by atoms with Gasteiger partial charge in [0.15, 0.2) is 17.8 Å². The molecule has 1 atom stereocenters. The zero-order valence-corrected chi connectivity index (χ0v) is 33.0. The van der Waals surface area contributed by atoms with Gasteiger partial charge in [-0.3, -0.25) is 9.69 Å². The molecule has 0 radical (unpaired) electrons. The van der Waals surface area contributed by atoms with Crippen LogP contribution in [0, 0.1) is 0 Å². The molecule has 0 spiro atoms. The monoisotopic (exact) mass is 757 g/mol. The summed E-state index contributed by atoms with van der Waals surface area (Å²) in [6, 6.07) is 11.3. The van der Waals surface area contributed by atoms with E-state index in [-0.39, 0.29) is 30.7 Å². The van der Waals surface area contributed by atoms with Crippen molar-refractivity contribution in [3.8, 4) is 22.8 Å². The number of carbonyl (C=O) groups is 2. The molecule has 2 heterocycles. The Labute approximate surface area is 313 Å². The van der Waals surface area contributed by atoms with Gasteiger partial charge in [0, 0.05) is 51.8 Å². The molecule has 1 aliphatic carbocycles. The first-order valence-corrected chi connectivity index (χ1v) is 19.6. The molecule has 292 valence electrons. The lowest BCUT2D eigenvalue weighted by Gasteiger charge is -2.33. The summed E-state index contributed by atoms with van der Waals surface area (Å²) >= 11 is 0. The number of rotatable bonds is 13. The molecule has 0 unspecified atom stereocenters. The van der Waals surface area contributed by atoms with E-state index in [1.54, 1.807) is 19.2 Å². The summed E-state index contributed by atoms with van der Waals surface area (Å²) in [5.41, 5.74) is 2.95. The van der Waals surface area contributed by atoms with Crippen molar-refractivity contribution in [2.24, 2.45) is 0 Å². The van der Waals surface area contributed by atoms with E-state index in [0.29, 0.717) is 36.7 Å². The van der Waals surface area contributed by atoms with Gasteiger partial charge in [-0.1, -0.05) is 37.5 Å². The third-order valence-electron chi connectivity index (χ3n) is 9.98. The second-order valence-corrected chi connectivity index (χ2v) is 16.5. The van der Waals surface area contributed by atoms with Crippen LogP contribution < -0.4 is 19.5 Å². The first kappa shape index (κ1) is 40.3. The van der Waals surface area contributed by atoms with Gasteiger partial charge >= 0.3 is 16.3 Å². The molecule has 0 bridgehead atoms. The van der Waals surface area contributed by atoms with Crippen molar-refractivity contribution in [2.75, 3.05) is 61.7 Å². The lowest BCUT2D eigenvalue weighted by molar-refractivity contribution is -0.106. The number of carbonyl (C=O) groups excluding carboxylic acids is 2. The average molecular weight is 758 g/mol. The van der Waals surface area contributed by atoms with Crippen LogP contribution >= 0.6 is 0 Å². The number of hydrogen-bond donors (Lipinski definition) is 2. The second kappa shape index (κ2) is 17.1. The highest BCUT2D eigenvalue weighted by molar-refractivity contribution is 7.87. The smallest absolute Gasteiger partial charge is 0.407 e. The van der Waals surface area contributed by atoms with Crippen molar-refractivity contribution >= 4 is 33.1 Å². The normalized spacial score (nSPS) is 16.8. The van der Waals surface area contributed by atoms with Gasteiger partial charge in [0.2, 0.25) is 0 Å². The van der Waals surface area contributed by atoms with Crippen molar-refractivity contribution < 1.29 is 41.7 Å². The number of ether oxygens (including phenoxy) is 5. The maximum atomic E-state index is 14.3. The average Bonchev–Trinajstić information content (AvgIpc) is 3.42. The molecule has 1 saturated carbocycles. The maximum Gasteiger partial charge on any atom is 0.407 e. The van der Waals surface area contributed by atoms with Gasteiger partial charge < -0.3 is 33.6 Å². The fourth-order valence-electron chi connectivity index (χ4n) is 7.23. The number of nitrogens with one attached hydrogen (secondary N) is 2. The molecule has 15 heteroatoms. The van der Waals surface area contributed by atoms with E-state index >= 15 is 0 Å². The number of alkyl carbamates (subject to hydrolysis) is 1. The number of nitrogens with zero attached hydrogens (tertiary/aromatic N) is 3. The number of fused-ring (bicyclic) bond motifs is 5. The van der Waals surface area contributed by atoms with E-state index in [1.165, 1.54) is 21.3 Å². The fourth-order valence-corrected chi connectivity index (χ4v) is 8.05. The van der Waals surface area contributed by atoms with Gasteiger partial charge in [-0.25, -0.2) is 9.52 Å². The van der Waals surface area contributed by atoms with Crippen LogP contribution in [-0.2, 0) is 31.0 Å². The van der Waals surface area contributed by atoms with Crippen LogP contribution in [-0.4, -0.2) is 114 Å². The summed E-state index contributed by atoms with van der Waals surface area (Å²) in [4.78, 5) is 28.8. The van der Waals surface area contributed by atoms with Gasteiger partial charge in [0.25, 0.3) is 5.91 Å². The standard InChI is InChI=1S/C38H55N5O9S/c1-38(2,3)52-37(45)39-20-21-41(4)26-22-43-29-17-13-12-16-27(29)32(25-14-10-9-11-15-25)34(43)33-28(18-19-30(48-6)35(33)51-24-26)36(44)40-53(46,47)42(5)23-31(49-7)50-8/h12-13,16-19,25-26,31H,9-11,14-15,20-24H2,1-8H3,(H,39,45)(H,40,44)/t26-/m1/s1. The Morgan fingerprint density at radius 3 is 2.38 bits per heavy atom. The highest BCUT2D eigenvalue weighted by Gasteiger charge is 2.36. The largest absolute Gasteiger partial charge is 0.493 e. The first-order valence-electron chi connectivity index (χ1n) is 18.1. The minimum atomic E-state index is -4.31. The van der Waals surface area contributed by atoms with Gasteiger partial charge in [-0.05, 0) is 70.3 Å². The highest BCUT2D eigenvalue weighted by atomic mass is 32.2. The molecule has 0 saturated heterocycles. The fraction of sp³-hybridized carbons (Fsp3) is 0.579. The van der Waals surface area contributed by atoms with Gasteiger partial charge in [0.1, 0.15) is 12.2 Å². The van der Waals surface area contributed by atoms with E-state index in [2.05, 4.69) is 31.6 Å². The third kappa shape index (κ3) is 9.26. The molecule has 1 fully saturated rings. The van der Waals surface area contributed by atoms with Crippen molar-refractivity contribution in [1.29, 1.82) is 0 Å². The molecule has 3 aromatic rings. The molecule has 1 aromatic heterocycles. The summed E-state index contributed by atoms with van der Waals surface area (Å²) in [7, 11) is 3.39. The van der Waals surface area contributed by atoms with Crippen molar-refractivity contribution in [1.82, 2.24) is 23.8 Å². The summed E-state index contributed by atoms with van der Waals surface area (Å²) in [5.74, 6) is 0.180. The molecule has 2 aliphatic rings. The van der Waals surface area contributed by atoms with Gasteiger partial charge in [0.05, 0.1) is 36.5 Å². The zero-order valence-electron chi connectivity index (χ0n) is 32.2. The highest BCUT2D eigenvalue weighted by Crippen LogP contribution is 2.50. The molecule has 1 aliphatic heterocycles. The van der Waals surface area contributed by atoms with Gasteiger partial charge in [-0.15, -0.1) is 0 Å². The number of hydrogen-bond acceptors (Lipinski definition) is 10. The number of para-hydroxylation sites is 1. The molecular weight excluding hydrogens is 703 g/mol. The Hall–Kier alpha value is -3.89. The summed E-state index contributed by atoms with van der Waals surface area (Å²) in [6.45, 7) is 6.93. The Morgan fingerprint density at radius 2 is 1.72 bits per heavy atom. The quantitative estimate of drug-likeness (QED) is 0.226. The lowest BCUT2D eigenvalue weighted by Crippen LogP contribution is -2.45. The van der Waals surface area contributed by atoms with Crippen LogP contribution in [0.1, 0.15) is 74.7 Å². The van der Waals surface area contributed by atoms with Crippen LogP contribution in [0.5, 0.6) is 11.5 Å². The Kier molecular flexibility index (Phi) is 13.0. The van der Waals surface area contributed by atoms with Gasteiger partial charge in [-0.2, -0.15) is 12.7 Å². The molecular formula is C38H55N5O9S. The summed E-state index contributed by atoms with van der Waals surface area (Å²) < 4.78 is 60.8. The number of methoxy groups -OCH3 is 3. The summed E-state index contributed by atoms with van der Waals surface area (Å²) in [6.07, 6.45) is 4.00. The first-order chi connectivity index (χ1) is 25.2. The molecule has 53 heavy (non-hydrogen) atoms. The van der Waals surface area contributed by atoms with Crippen LogP contribution in [0.15, 0.2) is 36.4 Å². The Morgan fingerprint density at radius 1 is 1.02 bits per heavy atom. The molecule has 2 amide bonds. The third-order valence-corrected chi connectivity index (χ3v) is 11.4. The van der Waals surface area contributed by atoms with Crippen LogP contribution in [0.3, 0.4) is 0 Å².